The number of furan rings is 1. The minimum absolute atomic E-state index is 0.0493. The molecule has 0 aliphatic rings. The first-order valence-corrected chi connectivity index (χ1v) is 6.27. The summed E-state index contributed by atoms with van der Waals surface area (Å²) < 4.78 is 5.72. The summed E-state index contributed by atoms with van der Waals surface area (Å²) in [6, 6.07) is 15.3. The molecule has 0 radical (unpaired) electrons. The number of carbonyl (C=O) groups is 1. The first-order chi connectivity index (χ1) is 9.18. The summed E-state index contributed by atoms with van der Waals surface area (Å²) in [7, 11) is 0. The summed E-state index contributed by atoms with van der Waals surface area (Å²) in [6.45, 7) is 3.86. The van der Waals surface area contributed by atoms with Gasteiger partial charge in [0.25, 0.3) is 0 Å². The van der Waals surface area contributed by atoms with Crippen LogP contribution in [0.3, 0.4) is 0 Å². The molecule has 0 bridgehead atoms. The van der Waals surface area contributed by atoms with Crippen LogP contribution in [-0.4, -0.2) is 5.78 Å². The van der Waals surface area contributed by atoms with Crippen molar-refractivity contribution >= 4 is 16.8 Å². The van der Waals surface area contributed by atoms with Crippen molar-refractivity contribution in [3.05, 3.63) is 71.0 Å². The quantitative estimate of drug-likeness (QED) is 0.635. The number of fused-ring (bicyclic) bond motifs is 1. The second-order valence-electron chi connectivity index (χ2n) is 4.70. The van der Waals surface area contributed by atoms with Crippen molar-refractivity contribution in [3.63, 3.8) is 0 Å². The van der Waals surface area contributed by atoms with Gasteiger partial charge in [0.05, 0.1) is 0 Å². The second kappa shape index (κ2) is 4.39. The van der Waals surface area contributed by atoms with Crippen LogP contribution in [0, 0.1) is 13.8 Å². The molecule has 0 saturated carbocycles. The zero-order chi connectivity index (χ0) is 13.4. The van der Waals surface area contributed by atoms with Crippen molar-refractivity contribution in [2.24, 2.45) is 0 Å². The second-order valence-corrected chi connectivity index (χ2v) is 4.70. The van der Waals surface area contributed by atoms with Crippen molar-refractivity contribution < 1.29 is 9.21 Å². The van der Waals surface area contributed by atoms with Crippen LogP contribution < -0.4 is 0 Å². The Balaban J connectivity index is 2.17. The molecule has 19 heavy (non-hydrogen) atoms. The van der Waals surface area contributed by atoms with Gasteiger partial charge in [-0.2, -0.15) is 0 Å². The fourth-order valence-corrected chi connectivity index (χ4v) is 2.34. The molecular weight excluding hydrogens is 236 g/mol. The van der Waals surface area contributed by atoms with E-state index in [2.05, 4.69) is 0 Å². The van der Waals surface area contributed by atoms with Crippen LogP contribution in [0.15, 0.2) is 52.9 Å². The Labute approximate surface area is 111 Å². The van der Waals surface area contributed by atoms with Crippen LogP contribution in [0.2, 0.25) is 0 Å². The molecule has 2 nitrogen and oxygen atoms in total. The van der Waals surface area contributed by atoms with Gasteiger partial charge in [0.15, 0.2) is 5.76 Å². The van der Waals surface area contributed by atoms with Gasteiger partial charge < -0.3 is 4.42 Å². The first kappa shape index (κ1) is 11.7. The van der Waals surface area contributed by atoms with Gasteiger partial charge in [-0.15, -0.1) is 0 Å². The largest absolute Gasteiger partial charge is 0.452 e. The first-order valence-electron chi connectivity index (χ1n) is 6.27. The van der Waals surface area contributed by atoms with Gasteiger partial charge in [-0.3, -0.25) is 4.79 Å². The van der Waals surface area contributed by atoms with Crippen molar-refractivity contribution in [3.8, 4) is 0 Å². The van der Waals surface area contributed by atoms with Crippen molar-refractivity contribution in [2.75, 3.05) is 0 Å². The van der Waals surface area contributed by atoms with E-state index in [4.69, 9.17) is 4.42 Å². The molecule has 0 saturated heterocycles. The number of benzene rings is 2. The van der Waals surface area contributed by atoms with Crippen LogP contribution >= 0.6 is 0 Å². The molecule has 0 aliphatic heterocycles. The van der Waals surface area contributed by atoms with E-state index in [1.165, 1.54) is 0 Å². The Hall–Kier alpha value is -2.35. The van der Waals surface area contributed by atoms with Gasteiger partial charge in [0.1, 0.15) is 5.58 Å². The lowest BCUT2D eigenvalue weighted by molar-refractivity contribution is 0.101. The Morgan fingerprint density at radius 1 is 0.947 bits per heavy atom. The summed E-state index contributed by atoms with van der Waals surface area (Å²) in [5.74, 6) is 0.391. The fourth-order valence-electron chi connectivity index (χ4n) is 2.34. The highest BCUT2D eigenvalue weighted by molar-refractivity contribution is 6.11. The number of para-hydroxylation sites is 1. The molecule has 1 heterocycles. The molecule has 2 heteroatoms. The lowest BCUT2D eigenvalue weighted by Crippen LogP contribution is -2.03. The van der Waals surface area contributed by atoms with Crippen LogP contribution in [0.1, 0.15) is 27.2 Å². The van der Waals surface area contributed by atoms with Gasteiger partial charge in [-0.1, -0.05) is 42.5 Å². The molecule has 0 fully saturated rings. The number of rotatable bonds is 2. The van der Waals surface area contributed by atoms with Crippen molar-refractivity contribution in [1.82, 2.24) is 0 Å². The van der Waals surface area contributed by atoms with Gasteiger partial charge in [0, 0.05) is 16.5 Å². The van der Waals surface area contributed by atoms with E-state index in [-0.39, 0.29) is 5.78 Å². The number of aryl methyl sites for hydroxylation is 2. The molecule has 3 aromatic rings. The zero-order valence-electron chi connectivity index (χ0n) is 10.9. The molecule has 0 amide bonds. The number of hydrogen-bond donors (Lipinski definition) is 0. The van der Waals surface area contributed by atoms with Gasteiger partial charge in [0.2, 0.25) is 5.78 Å². The lowest BCUT2D eigenvalue weighted by atomic mass is 10.0. The molecule has 0 aliphatic carbocycles. The van der Waals surface area contributed by atoms with Crippen LogP contribution in [0.25, 0.3) is 11.0 Å². The maximum absolute atomic E-state index is 12.6. The fraction of sp³-hybridized carbons (Fsp3) is 0.118. The number of hydrogen-bond acceptors (Lipinski definition) is 2. The van der Waals surface area contributed by atoms with Crippen LogP contribution in [-0.2, 0) is 0 Å². The van der Waals surface area contributed by atoms with Crippen LogP contribution in [0.5, 0.6) is 0 Å². The normalized spacial score (nSPS) is 10.8. The minimum atomic E-state index is -0.0493. The van der Waals surface area contributed by atoms with Gasteiger partial charge in [-0.25, -0.2) is 0 Å². The lowest BCUT2D eigenvalue weighted by Gasteiger charge is -2.02. The van der Waals surface area contributed by atoms with Crippen molar-refractivity contribution in [1.29, 1.82) is 0 Å². The smallest absolute Gasteiger partial charge is 0.228 e. The summed E-state index contributed by atoms with van der Waals surface area (Å²) in [4.78, 5) is 12.6. The number of carbonyl (C=O) groups excluding carboxylic acids is 1. The van der Waals surface area contributed by atoms with E-state index in [9.17, 15) is 4.79 Å². The monoisotopic (exact) mass is 250 g/mol. The summed E-state index contributed by atoms with van der Waals surface area (Å²) in [5.41, 5.74) is 3.33. The number of ketones is 1. The molecule has 0 spiro atoms. The van der Waals surface area contributed by atoms with E-state index < -0.39 is 0 Å². The predicted octanol–water partition coefficient (Wildman–Crippen LogP) is 4.28. The third-order valence-corrected chi connectivity index (χ3v) is 3.44. The SMILES string of the molecule is Cc1ccccc1C(=O)c1oc2ccccc2c1C. The maximum Gasteiger partial charge on any atom is 0.228 e. The Morgan fingerprint density at radius 2 is 1.63 bits per heavy atom. The van der Waals surface area contributed by atoms with Gasteiger partial charge in [-0.05, 0) is 25.5 Å². The van der Waals surface area contributed by atoms with E-state index >= 15 is 0 Å². The van der Waals surface area contributed by atoms with Gasteiger partial charge >= 0.3 is 0 Å². The van der Waals surface area contributed by atoms with E-state index in [1.807, 2.05) is 62.4 Å². The molecule has 2 aromatic carbocycles. The average Bonchev–Trinajstić information content (AvgIpc) is 2.77. The summed E-state index contributed by atoms with van der Waals surface area (Å²) in [5, 5.41) is 0.999. The Bertz CT molecular complexity index is 766. The molecule has 0 atom stereocenters. The summed E-state index contributed by atoms with van der Waals surface area (Å²) in [6.07, 6.45) is 0. The third kappa shape index (κ3) is 1.85. The highest BCUT2D eigenvalue weighted by Gasteiger charge is 2.19. The standard InChI is InChI=1S/C17H14O2/c1-11-7-3-4-8-13(11)16(18)17-12(2)14-9-5-6-10-15(14)19-17/h3-10H,1-2H3. The highest BCUT2D eigenvalue weighted by atomic mass is 16.3. The molecule has 0 N–H and O–H groups in total. The topological polar surface area (TPSA) is 30.2 Å². The molecule has 1 aromatic heterocycles. The van der Waals surface area contributed by atoms with E-state index in [0.717, 1.165) is 22.1 Å². The average molecular weight is 250 g/mol. The molecular formula is C17H14O2. The molecule has 94 valence electrons. The maximum atomic E-state index is 12.6. The Morgan fingerprint density at radius 3 is 2.37 bits per heavy atom. The summed E-state index contributed by atoms with van der Waals surface area (Å²) >= 11 is 0. The van der Waals surface area contributed by atoms with Crippen LogP contribution in [0.4, 0.5) is 0 Å². The highest BCUT2D eigenvalue weighted by Crippen LogP contribution is 2.27. The zero-order valence-corrected chi connectivity index (χ0v) is 10.9. The predicted molar refractivity (Wildman–Crippen MR) is 75.6 cm³/mol. The minimum Gasteiger partial charge on any atom is -0.452 e. The van der Waals surface area contributed by atoms with E-state index in [0.29, 0.717) is 11.3 Å². The Kier molecular flexibility index (Phi) is 2.71. The van der Waals surface area contributed by atoms with Crippen molar-refractivity contribution in [2.45, 2.75) is 13.8 Å². The van der Waals surface area contributed by atoms with E-state index in [1.54, 1.807) is 0 Å². The molecule has 0 unspecified atom stereocenters. The third-order valence-electron chi connectivity index (χ3n) is 3.44. The molecule has 3 rings (SSSR count).